The number of rotatable bonds is 1. The average Bonchev–Trinajstić information content (AvgIpc) is 3.00. The van der Waals surface area contributed by atoms with Crippen LogP contribution in [0.15, 0.2) is 29.2 Å². The Labute approximate surface area is 93.9 Å². The zero-order chi connectivity index (χ0) is 10.4. The van der Waals surface area contributed by atoms with E-state index in [2.05, 4.69) is 29.7 Å². The number of nitrogen functional groups attached to an aromatic ring is 1. The molecular formula is C12H12N2S. The number of nitrogens with zero attached hydrogens (tertiary/aromatic N) is 1. The summed E-state index contributed by atoms with van der Waals surface area (Å²) in [5.41, 5.74) is 8.09. The lowest BCUT2D eigenvalue weighted by atomic mass is 10.1. The van der Waals surface area contributed by atoms with E-state index in [1.165, 1.54) is 18.4 Å². The zero-order valence-corrected chi connectivity index (χ0v) is 9.17. The molecule has 0 spiro atoms. The highest BCUT2D eigenvalue weighted by Crippen LogP contribution is 2.43. The quantitative estimate of drug-likeness (QED) is 0.719. The number of aromatic nitrogens is 1. The molecule has 0 amide bonds. The summed E-state index contributed by atoms with van der Waals surface area (Å²) in [5.74, 6) is 1.33. The Morgan fingerprint density at radius 3 is 2.80 bits per heavy atom. The van der Waals surface area contributed by atoms with Crippen molar-refractivity contribution in [3.63, 3.8) is 0 Å². The maximum Gasteiger partial charge on any atom is 0.127 e. The zero-order valence-electron chi connectivity index (χ0n) is 8.27. The number of hydrogen-bond donors (Lipinski definition) is 2. The van der Waals surface area contributed by atoms with Crippen LogP contribution in [0.1, 0.15) is 24.3 Å². The minimum atomic E-state index is 0.651. The van der Waals surface area contributed by atoms with Crippen molar-refractivity contribution in [1.29, 1.82) is 0 Å². The molecule has 1 fully saturated rings. The standard InChI is InChI=1S/C12H12N2S/c13-12-10(7-1-2-7)5-8-3-4-9(15)6-11(8)14-12/h3-7,15H,1-2H2,(H2,13,14). The fraction of sp³-hybridized carbons (Fsp3) is 0.250. The van der Waals surface area contributed by atoms with Gasteiger partial charge in [-0.05, 0) is 42.5 Å². The lowest BCUT2D eigenvalue weighted by molar-refractivity contribution is 1.12. The Morgan fingerprint density at radius 1 is 1.27 bits per heavy atom. The molecule has 2 N–H and O–H groups in total. The third kappa shape index (κ3) is 1.57. The number of benzene rings is 1. The van der Waals surface area contributed by atoms with Gasteiger partial charge in [-0.1, -0.05) is 6.07 Å². The van der Waals surface area contributed by atoms with E-state index < -0.39 is 0 Å². The van der Waals surface area contributed by atoms with Gasteiger partial charge >= 0.3 is 0 Å². The average molecular weight is 216 g/mol. The molecular weight excluding hydrogens is 204 g/mol. The number of anilines is 1. The van der Waals surface area contributed by atoms with Crippen molar-refractivity contribution < 1.29 is 0 Å². The van der Waals surface area contributed by atoms with Gasteiger partial charge < -0.3 is 5.73 Å². The molecule has 1 heterocycles. The fourth-order valence-electron chi connectivity index (χ4n) is 1.91. The van der Waals surface area contributed by atoms with Crippen LogP contribution in [0.4, 0.5) is 5.82 Å². The first-order chi connectivity index (χ1) is 7.24. The largest absolute Gasteiger partial charge is 0.383 e. The molecule has 76 valence electrons. The van der Waals surface area contributed by atoms with Gasteiger partial charge in [0, 0.05) is 10.3 Å². The monoisotopic (exact) mass is 216 g/mol. The van der Waals surface area contributed by atoms with Gasteiger partial charge in [0.2, 0.25) is 0 Å². The van der Waals surface area contributed by atoms with Gasteiger partial charge in [-0.15, -0.1) is 12.6 Å². The molecule has 3 heteroatoms. The molecule has 15 heavy (non-hydrogen) atoms. The summed E-state index contributed by atoms with van der Waals surface area (Å²) in [5, 5.41) is 1.16. The molecule has 0 aliphatic heterocycles. The van der Waals surface area contributed by atoms with E-state index in [4.69, 9.17) is 5.73 Å². The molecule has 0 radical (unpaired) electrons. The van der Waals surface area contributed by atoms with Crippen LogP contribution in [0.5, 0.6) is 0 Å². The Balaban J connectivity index is 2.25. The second-order valence-electron chi connectivity index (χ2n) is 4.11. The second-order valence-corrected chi connectivity index (χ2v) is 4.63. The van der Waals surface area contributed by atoms with E-state index in [0.29, 0.717) is 11.7 Å². The van der Waals surface area contributed by atoms with Crippen LogP contribution in [-0.2, 0) is 0 Å². The maximum absolute atomic E-state index is 5.94. The van der Waals surface area contributed by atoms with E-state index in [-0.39, 0.29) is 0 Å². The van der Waals surface area contributed by atoms with Crippen LogP contribution in [0.3, 0.4) is 0 Å². The lowest BCUT2D eigenvalue weighted by Gasteiger charge is -2.06. The van der Waals surface area contributed by atoms with E-state index >= 15 is 0 Å². The van der Waals surface area contributed by atoms with E-state index in [1.54, 1.807) is 0 Å². The molecule has 2 aromatic rings. The Bertz CT molecular complexity index is 532. The molecule has 1 aromatic heterocycles. The van der Waals surface area contributed by atoms with E-state index in [1.807, 2.05) is 12.1 Å². The predicted octanol–water partition coefficient (Wildman–Crippen LogP) is 2.98. The topological polar surface area (TPSA) is 38.9 Å². The summed E-state index contributed by atoms with van der Waals surface area (Å²) < 4.78 is 0. The smallest absolute Gasteiger partial charge is 0.127 e. The van der Waals surface area contributed by atoms with Crippen LogP contribution in [0, 0.1) is 0 Å². The van der Waals surface area contributed by atoms with Gasteiger partial charge in [-0.25, -0.2) is 4.98 Å². The van der Waals surface area contributed by atoms with Gasteiger partial charge in [0.25, 0.3) is 0 Å². The normalized spacial score (nSPS) is 15.8. The molecule has 2 nitrogen and oxygen atoms in total. The van der Waals surface area contributed by atoms with Crippen LogP contribution in [0.2, 0.25) is 0 Å². The van der Waals surface area contributed by atoms with Crippen molar-refractivity contribution in [1.82, 2.24) is 4.98 Å². The lowest BCUT2D eigenvalue weighted by Crippen LogP contribution is -1.96. The molecule has 0 bridgehead atoms. The predicted molar refractivity (Wildman–Crippen MR) is 65.4 cm³/mol. The van der Waals surface area contributed by atoms with Gasteiger partial charge in [0.1, 0.15) is 5.82 Å². The van der Waals surface area contributed by atoms with Crippen LogP contribution in [-0.4, -0.2) is 4.98 Å². The molecule has 1 saturated carbocycles. The van der Waals surface area contributed by atoms with Crippen LogP contribution >= 0.6 is 12.6 Å². The summed E-state index contributed by atoms with van der Waals surface area (Å²) in [7, 11) is 0. The first-order valence-electron chi connectivity index (χ1n) is 5.13. The van der Waals surface area contributed by atoms with Crippen LogP contribution < -0.4 is 5.73 Å². The van der Waals surface area contributed by atoms with Crippen molar-refractivity contribution >= 4 is 29.3 Å². The van der Waals surface area contributed by atoms with Crippen molar-refractivity contribution in [2.75, 3.05) is 5.73 Å². The summed E-state index contributed by atoms with van der Waals surface area (Å²) in [6, 6.07) is 8.16. The molecule has 0 atom stereocenters. The Kier molecular flexibility index (Phi) is 1.89. The molecule has 3 rings (SSSR count). The van der Waals surface area contributed by atoms with Crippen molar-refractivity contribution in [2.24, 2.45) is 0 Å². The molecule has 0 saturated heterocycles. The second kappa shape index (κ2) is 3.14. The summed E-state index contributed by atoms with van der Waals surface area (Å²) in [4.78, 5) is 5.35. The van der Waals surface area contributed by atoms with Gasteiger partial charge in [0.15, 0.2) is 0 Å². The maximum atomic E-state index is 5.94. The minimum Gasteiger partial charge on any atom is -0.383 e. The highest BCUT2D eigenvalue weighted by molar-refractivity contribution is 7.80. The third-order valence-corrected chi connectivity index (χ3v) is 3.16. The first kappa shape index (κ1) is 9.04. The number of hydrogen-bond acceptors (Lipinski definition) is 3. The number of thiol groups is 1. The number of pyridine rings is 1. The van der Waals surface area contributed by atoms with Crippen LogP contribution in [0.25, 0.3) is 10.9 Å². The fourth-order valence-corrected chi connectivity index (χ4v) is 2.10. The van der Waals surface area contributed by atoms with Gasteiger partial charge in [0.05, 0.1) is 5.52 Å². The number of nitrogens with two attached hydrogens (primary N) is 1. The van der Waals surface area contributed by atoms with E-state index in [9.17, 15) is 0 Å². The van der Waals surface area contributed by atoms with Crippen molar-refractivity contribution in [3.05, 3.63) is 29.8 Å². The highest BCUT2D eigenvalue weighted by atomic mass is 32.1. The first-order valence-corrected chi connectivity index (χ1v) is 5.58. The summed E-state index contributed by atoms with van der Waals surface area (Å²) >= 11 is 4.29. The highest BCUT2D eigenvalue weighted by Gasteiger charge is 2.26. The third-order valence-electron chi connectivity index (χ3n) is 2.88. The summed E-state index contributed by atoms with van der Waals surface area (Å²) in [6.07, 6.45) is 2.50. The van der Waals surface area contributed by atoms with Crippen molar-refractivity contribution in [3.8, 4) is 0 Å². The Morgan fingerprint density at radius 2 is 2.07 bits per heavy atom. The van der Waals surface area contributed by atoms with E-state index in [0.717, 1.165) is 15.8 Å². The molecule has 1 aliphatic rings. The Hall–Kier alpha value is -1.22. The van der Waals surface area contributed by atoms with Gasteiger partial charge in [-0.2, -0.15) is 0 Å². The molecule has 0 unspecified atom stereocenters. The number of fused-ring (bicyclic) bond motifs is 1. The molecule has 1 aliphatic carbocycles. The molecule has 1 aromatic carbocycles. The minimum absolute atomic E-state index is 0.651. The summed E-state index contributed by atoms with van der Waals surface area (Å²) in [6.45, 7) is 0. The van der Waals surface area contributed by atoms with Gasteiger partial charge in [-0.3, -0.25) is 0 Å². The van der Waals surface area contributed by atoms with Crippen molar-refractivity contribution in [2.45, 2.75) is 23.7 Å². The SMILES string of the molecule is Nc1nc2cc(S)ccc2cc1C1CC1.